The van der Waals surface area contributed by atoms with Gasteiger partial charge in [-0.25, -0.2) is 0 Å². The van der Waals surface area contributed by atoms with Crippen molar-refractivity contribution in [3.05, 3.63) is 0 Å². The molecule has 1 fully saturated rings. The van der Waals surface area contributed by atoms with Gasteiger partial charge in [-0.2, -0.15) is 0 Å². The SMILES string of the molecule is CCCC(C)C1C(=O)CC(=O)C1=O. The molecular formula is C10H14O3. The fraction of sp³-hybridized carbons (Fsp3) is 0.700. The van der Waals surface area contributed by atoms with Gasteiger partial charge in [0, 0.05) is 0 Å². The van der Waals surface area contributed by atoms with Crippen LogP contribution in [0.25, 0.3) is 0 Å². The minimum absolute atomic E-state index is 0.0245. The van der Waals surface area contributed by atoms with E-state index in [4.69, 9.17) is 0 Å². The van der Waals surface area contributed by atoms with E-state index in [-0.39, 0.29) is 18.1 Å². The molecule has 72 valence electrons. The highest BCUT2D eigenvalue weighted by Gasteiger charge is 2.42. The quantitative estimate of drug-likeness (QED) is 0.486. The average molecular weight is 182 g/mol. The van der Waals surface area contributed by atoms with Gasteiger partial charge in [-0.3, -0.25) is 14.4 Å². The van der Waals surface area contributed by atoms with Crippen LogP contribution in [0.4, 0.5) is 0 Å². The summed E-state index contributed by atoms with van der Waals surface area (Å²) in [7, 11) is 0. The summed E-state index contributed by atoms with van der Waals surface area (Å²) in [6.07, 6.45) is 1.60. The fourth-order valence-electron chi connectivity index (χ4n) is 1.87. The van der Waals surface area contributed by atoms with Gasteiger partial charge < -0.3 is 0 Å². The predicted octanol–water partition coefficient (Wildman–Crippen LogP) is 1.15. The van der Waals surface area contributed by atoms with Crippen molar-refractivity contribution in [1.82, 2.24) is 0 Å². The molecule has 0 aromatic rings. The molecule has 0 N–H and O–H groups in total. The summed E-state index contributed by atoms with van der Waals surface area (Å²) in [4.78, 5) is 33.5. The molecule has 0 spiro atoms. The zero-order valence-corrected chi connectivity index (χ0v) is 8.00. The van der Waals surface area contributed by atoms with Gasteiger partial charge in [0.15, 0.2) is 5.78 Å². The van der Waals surface area contributed by atoms with Gasteiger partial charge >= 0.3 is 0 Å². The number of carbonyl (C=O) groups excluding carboxylic acids is 3. The molecule has 0 amide bonds. The molecule has 3 nitrogen and oxygen atoms in total. The first-order valence-electron chi connectivity index (χ1n) is 4.67. The van der Waals surface area contributed by atoms with E-state index in [1.54, 1.807) is 0 Å². The molecule has 0 saturated heterocycles. The van der Waals surface area contributed by atoms with Gasteiger partial charge in [0.25, 0.3) is 0 Å². The van der Waals surface area contributed by atoms with Crippen molar-refractivity contribution in [3.63, 3.8) is 0 Å². The van der Waals surface area contributed by atoms with Crippen molar-refractivity contribution in [2.75, 3.05) is 0 Å². The lowest BCUT2D eigenvalue weighted by Gasteiger charge is -2.13. The van der Waals surface area contributed by atoms with Crippen LogP contribution in [-0.2, 0) is 14.4 Å². The van der Waals surface area contributed by atoms with E-state index in [9.17, 15) is 14.4 Å². The Bertz CT molecular complexity index is 255. The number of ketones is 3. The van der Waals surface area contributed by atoms with Crippen molar-refractivity contribution in [1.29, 1.82) is 0 Å². The monoisotopic (exact) mass is 182 g/mol. The molecular weight excluding hydrogens is 168 g/mol. The maximum Gasteiger partial charge on any atom is 0.209 e. The van der Waals surface area contributed by atoms with Crippen LogP contribution < -0.4 is 0 Å². The molecule has 0 radical (unpaired) electrons. The van der Waals surface area contributed by atoms with Gasteiger partial charge in [0.1, 0.15) is 0 Å². The highest BCUT2D eigenvalue weighted by atomic mass is 16.2. The van der Waals surface area contributed by atoms with E-state index in [1.807, 2.05) is 13.8 Å². The first-order chi connectivity index (χ1) is 6.07. The second-order valence-electron chi connectivity index (χ2n) is 3.67. The van der Waals surface area contributed by atoms with Crippen LogP contribution in [0.15, 0.2) is 0 Å². The first kappa shape index (κ1) is 10.1. The topological polar surface area (TPSA) is 51.2 Å². The molecule has 2 unspecified atom stereocenters. The van der Waals surface area contributed by atoms with E-state index in [2.05, 4.69) is 0 Å². The molecule has 1 rings (SSSR count). The molecule has 1 saturated carbocycles. The second-order valence-corrected chi connectivity index (χ2v) is 3.67. The van der Waals surface area contributed by atoms with Crippen LogP contribution in [0.3, 0.4) is 0 Å². The molecule has 2 atom stereocenters. The molecule has 1 aliphatic carbocycles. The maximum absolute atomic E-state index is 11.3. The highest BCUT2D eigenvalue weighted by molar-refractivity contribution is 6.49. The second kappa shape index (κ2) is 3.81. The molecule has 3 heteroatoms. The minimum Gasteiger partial charge on any atom is -0.298 e. The third kappa shape index (κ3) is 1.85. The normalized spacial score (nSPS) is 25.4. The Morgan fingerprint density at radius 2 is 2.00 bits per heavy atom. The molecule has 0 bridgehead atoms. The summed E-state index contributed by atoms with van der Waals surface area (Å²) in [5.41, 5.74) is 0. The lowest BCUT2D eigenvalue weighted by Crippen LogP contribution is -2.24. The maximum atomic E-state index is 11.3. The summed E-state index contributed by atoms with van der Waals surface area (Å²) in [5, 5.41) is 0. The Morgan fingerprint density at radius 1 is 1.38 bits per heavy atom. The minimum atomic E-state index is -0.632. The van der Waals surface area contributed by atoms with Crippen molar-refractivity contribution < 1.29 is 14.4 Å². The smallest absolute Gasteiger partial charge is 0.209 e. The first-order valence-corrected chi connectivity index (χ1v) is 4.67. The Hall–Kier alpha value is -0.990. The third-order valence-electron chi connectivity index (χ3n) is 2.55. The van der Waals surface area contributed by atoms with Crippen LogP contribution in [-0.4, -0.2) is 17.3 Å². The van der Waals surface area contributed by atoms with Crippen LogP contribution >= 0.6 is 0 Å². The summed E-state index contributed by atoms with van der Waals surface area (Å²) < 4.78 is 0. The van der Waals surface area contributed by atoms with Crippen molar-refractivity contribution in [3.8, 4) is 0 Å². The average Bonchev–Trinajstić information content (AvgIpc) is 2.27. The zero-order chi connectivity index (χ0) is 10.0. The van der Waals surface area contributed by atoms with Crippen LogP contribution in [0.1, 0.15) is 33.1 Å². The van der Waals surface area contributed by atoms with Crippen LogP contribution in [0.5, 0.6) is 0 Å². The lowest BCUT2D eigenvalue weighted by molar-refractivity contribution is -0.137. The van der Waals surface area contributed by atoms with Gasteiger partial charge in [0.05, 0.1) is 12.3 Å². The number of hydrogen-bond acceptors (Lipinski definition) is 3. The summed E-state index contributed by atoms with van der Waals surface area (Å²) in [6, 6.07) is 0. The molecule has 0 aromatic heterocycles. The summed E-state index contributed by atoms with van der Waals surface area (Å²) >= 11 is 0. The summed E-state index contributed by atoms with van der Waals surface area (Å²) in [5.74, 6) is -1.76. The predicted molar refractivity (Wildman–Crippen MR) is 47.2 cm³/mol. The van der Waals surface area contributed by atoms with Gasteiger partial charge in [-0.05, 0) is 12.3 Å². The number of Topliss-reactive ketones (excluding diaryl/α,β-unsaturated/α-hetero) is 3. The third-order valence-corrected chi connectivity index (χ3v) is 2.55. The van der Waals surface area contributed by atoms with E-state index in [1.165, 1.54) is 0 Å². The van der Waals surface area contributed by atoms with Crippen LogP contribution in [0.2, 0.25) is 0 Å². The Kier molecular flexibility index (Phi) is 2.96. The Morgan fingerprint density at radius 3 is 2.38 bits per heavy atom. The van der Waals surface area contributed by atoms with Crippen molar-refractivity contribution in [2.45, 2.75) is 33.1 Å². The molecule has 0 aliphatic heterocycles. The van der Waals surface area contributed by atoms with E-state index >= 15 is 0 Å². The van der Waals surface area contributed by atoms with Crippen molar-refractivity contribution in [2.24, 2.45) is 11.8 Å². The van der Waals surface area contributed by atoms with E-state index in [0.717, 1.165) is 12.8 Å². The Labute approximate surface area is 77.5 Å². The zero-order valence-electron chi connectivity index (χ0n) is 8.00. The highest BCUT2D eigenvalue weighted by Crippen LogP contribution is 2.26. The van der Waals surface area contributed by atoms with E-state index in [0.29, 0.717) is 0 Å². The number of rotatable bonds is 3. The standard InChI is InChI=1S/C10H14O3/c1-3-4-6(2)9-7(11)5-8(12)10(9)13/h6,9H,3-5H2,1-2H3. The van der Waals surface area contributed by atoms with Crippen LogP contribution in [0, 0.1) is 11.8 Å². The summed E-state index contributed by atoms with van der Waals surface area (Å²) in [6.45, 7) is 3.87. The molecule has 0 heterocycles. The van der Waals surface area contributed by atoms with Crippen molar-refractivity contribution >= 4 is 17.3 Å². The lowest BCUT2D eigenvalue weighted by atomic mass is 9.88. The van der Waals surface area contributed by atoms with E-state index < -0.39 is 17.5 Å². The molecule has 0 aromatic carbocycles. The molecule has 13 heavy (non-hydrogen) atoms. The molecule has 1 aliphatic rings. The Balaban J connectivity index is 2.73. The van der Waals surface area contributed by atoms with Gasteiger partial charge in [-0.1, -0.05) is 20.3 Å². The van der Waals surface area contributed by atoms with Gasteiger partial charge in [0.2, 0.25) is 11.6 Å². The number of carbonyl (C=O) groups is 3. The fourth-order valence-corrected chi connectivity index (χ4v) is 1.87. The largest absolute Gasteiger partial charge is 0.298 e. The van der Waals surface area contributed by atoms with Gasteiger partial charge in [-0.15, -0.1) is 0 Å². The number of hydrogen-bond donors (Lipinski definition) is 0.